The fourth-order valence-corrected chi connectivity index (χ4v) is 5.61. The summed E-state index contributed by atoms with van der Waals surface area (Å²) in [6.07, 6.45) is 0.246. The van der Waals surface area contributed by atoms with Crippen molar-refractivity contribution in [3.05, 3.63) is 106 Å². The predicted octanol–water partition coefficient (Wildman–Crippen LogP) is 8.15. The van der Waals surface area contributed by atoms with Crippen molar-refractivity contribution in [1.29, 1.82) is 0 Å². The SMILES string of the molecule is CCCc1ccc(C)cc1-n1c(C)csc1=NC(=O)N=CC(C)c1ccc(-c2ncn(-c3ccc(OC(F)(F)F)cc3)n2)cc1. The highest BCUT2D eigenvalue weighted by Crippen LogP contribution is 2.25. The maximum Gasteiger partial charge on any atom is 0.573 e. The summed E-state index contributed by atoms with van der Waals surface area (Å²) in [6.45, 7) is 8.13. The number of ether oxygens (including phenoxy) is 1. The lowest BCUT2D eigenvalue weighted by atomic mass is 10.0. The molecular weight excluding hydrogens is 601 g/mol. The Hall–Kier alpha value is -4.84. The highest BCUT2D eigenvalue weighted by atomic mass is 32.1. The van der Waals surface area contributed by atoms with Crippen LogP contribution in [0.5, 0.6) is 5.75 Å². The topological polar surface area (TPSA) is 86.7 Å². The van der Waals surface area contributed by atoms with Gasteiger partial charge in [0.05, 0.1) is 11.4 Å². The van der Waals surface area contributed by atoms with E-state index < -0.39 is 12.4 Å². The number of carbonyl (C=O) groups is 1. The number of amides is 2. The highest BCUT2D eigenvalue weighted by Gasteiger charge is 2.31. The lowest BCUT2D eigenvalue weighted by molar-refractivity contribution is -0.274. The van der Waals surface area contributed by atoms with Crippen LogP contribution in [0.3, 0.4) is 0 Å². The van der Waals surface area contributed by atoms with Crippen LogP contribution in [0.2, 0.25) is 0 Å². The van der Waals surface area contributed by atoms with E-state index in [9.17, 15) is 18.0 Å². The van der Waals surface area contributed by atoms with E-state index in [1.807, 2.05) is 55.0 Å². The average molecular weight is 633 g/mol. The number of aromatic nitrogens is 4. The van der Waals surface area contributed by atoms with Gasteiger partial charge in [-0.1, -0.05) is 56.7 Å². The second kappa shape index (κ2) is 13.4. The van der Waals surface area contributed by atoms with Crippen molar-refractivity contribution < 1.29 is 22.7 Å². The van der Waals surface area contributed by atoms with E-state index in [1.54, 1.807) is 6.21 Å². The first-order chi connectivity index (χ1) is 21.5. The summed E-state index contributed by atoms with van der Waals surface area (Å²) in [4.78, 5) is 26.2. The molecule has 45 heavy (non-hydrogen) atoms. The third-order valence-electron chi connectivity index (χ3n) is 7.00. The Balaban J connectivity index is 1.27. The number of alkyl halides is 3. The molecule has 2 amide bonds. The van der Waals surface area contributed by atoms with E-state index in [4.69, 9.17) is 0 Å². The van der Waals surface area contributed by atoms with Gasteiger partial charge >= 0.3 is 12.4 Å². The molecule has 0 saturated heterocycles. The van der Waals surface area contributed by atoms with Crippen LogP contribution in [-0.4, -0.2) is 37.9 Å². The zero-order valence-electron chi connectivity index (χ0n) is 25.1. The Morgan fingerprint density at radius 3 is 2.49 bits per heavy atom. The second-order valence-electron chi connectivity index (χ2n) is 10.5. The maximum atomic E-state index is 12.8. The van der Waals surface area contributed by atoms with E-state index in [1.165, 1.54) is 52.2 Å². The number of nitrogens with zero attached hydrogens (tertiary/aromatic N) is 6. The van der Waals surface area contributed by atoms with Gasteiger partial charge in [-0.2, -0.15) is 4.99 Å². The monoisotopic (exact) mass is 632 g/mol. The second-order valence-corrected chi connectivity index (χ2v) is 11.4. The standard InChI is InChI=1S/C33H31F3N6O2S/c1-5-6-25-8-7-21(2)17-29(25)42-23(4)19-45-32(42)39-31(43)37-18-22(3)24-9-11-26(12-10-24)30-38-20-41(40-30)27-13-15-28(16-14-27)44-33(34,35)36/h7-20,22H,5-6H2,1-4H3. The summed E-state index contributed by atoms with van der Waals surface area (Å²) in [5.41, 5.74) is 6.59. The van der Waals surface area contributed by atoms with E-state index in [0.29, 0.717) is 16.3 Å². The van der Waals surface area contributed by atoms with Crippen LogP contribution in [0.4, 0.5) is 18.0 Å². The molecule has 2 aromatic heterocycles. The van der Waals surface area contributed by atoms with Gasteiger partial charge in [-0.15, -0.1) is 29.6 Å². The predicted molar refractivity (Wildman–Crippen MR) is 168 cm³/mol. The molecule has 0 aliphatic rings. The molecule has 2 heterocycles. The van der Waals surface area contributed by atoms with Crippen LogP contribution >= 0.6 is 11.3 Å². The lowest BCUT2D eigenvalue weighted by Gasteiger charge is -2.13. The Kier molecular flexibility index (Phi) is 9.43. The molecule has 5 aromatic rings. The normalized spacial score (nSPS) is 13.0. The van der Waals surface area contributed by atoms with Crippen molar-refractivity contribution in [1.82, 2.24) is 19.3 Å². The van der Waals surface area contributed by atoms with Gasteiger partial charge in [-0.05, 0) is 67.3 Å². The van der Waals surface area contributed by atoms with Gasteiger partial charge in [-0.25, -0.2) is 19.5 Å². The fourth-order valence-electron chi connectivity index (χ4n) is 4.75. The third kappa shape index (κ3) is 7.82. The summed E-state index contributed by atoms with van der Waals surface area (Å²) in [5.74, 6) is -0.0299. The van der Waals surface area contributed by atoms with E-state index in [-0.39, 0.29) is 11.7 Å². The highest BCUT2D eigenvalue weighted by molar-refractivity contribution is 7.07. The first-order valence-electron chi connectivity index (χ1n) is 14.3. The minimum Gasteiger partial charge on any atom is -0.406 e. The zero-order chi connectivity index (χ0) is 32.1. The van der Waals surface area contributed by atoms with Crippen LogP contribution in [0.25, 0.3) is 22.8 Å². The number of rotatable bonds is 8. The maximum absolute atomic E-state index is 12.8. The van der Waals surface area contributed by atoms with Crippen molar-refractivity contribution in [3.8, 4) is 28.5 Å². The van der Waals surface area contributed by atoms with E-state index >= 15 is 0 Å². The number of aliphatic imine (C=N–C) groups is 1. The Morgan fingerprint density at radius 1 is 1.07 bits per heavy atom. The number of aryl methyl sites for hydroxylation is 3. The van der Waals surface area contributed by atoms with Crippen molar-refractivity contribution in [2.24, 2.45) is 9.98 Å². The molecule has 5 rings (SSSR count). The number of benzene rings is 3. The van der Waals surface area contributed by atoms with Crippen LogP contribution < -0.4 is 9.54 Å². The Morgan fingerprint density at radius 2 is 1.80 bits per heavy atom. The van der Waals surface area contributed by atoms with Crippen LogP contribution in [0.15, 0.2) is 88.4 Å². The smallest absolute Gasteiger partial charge is 0.406 e. The largest absolute Gasteiger partial charge is 0.573 e. The number of thiazole rings is 1. The molecule has 0 bridgehead atoms. The van der Waals surface area contributed by atoms with Gasteiger partial charge in [0.1, 0.15) is 12.1 Å². The van der Waals surface area contributed by atoms with Gasteiger partial charge in [0.25, 0.3) is 0 Å². The number of carbonyl (C=O) groups excluding carboxylic acids is 1. The summed E-state index contributed by atoms with van der Waals surface area (Å²) in [6, 6.07) is 18.7. The first kappa shape index (κ1) is 31.6. The molecular formula is C33H31F3N6O2S. The van der Waals surface area contributed by atoms with Crippen molar-refractivity contribution in [2.45, 2.75) is 52.8 Å². The van der Waals surface area contributed by atoms with Crippen LogP contribution in [-0.2, 0) is 6.42 Å². The number of halogens is 3. The summed E-state index contributed by atoms with van der Waals surface area (Å²) < 4.78 is 44.7. The summed E-state index contributed by atoms with van der Waals surface area (Å²) in [7, 11) is 0. The Labute approximate surface area is 262 Å². The summed E-state index contributed by atoms with van der Waals surface area (Å²) in [5, 5.41) is 6.42. The van der Waals surface area contributed by atoms with Crippen LogP contribution in [0.1, 0.15) is 48.6 Å². The van der Waals surface area contributed by atoms with Gasteiger partial charge in [-0.3, -0.25) is 4.57 Å². The van der Waals surface area contributed by atoms with Crippen molar-refractivity contribution >= 4 is 23.6 Å². The lowest BCUT2D eigenvalue weighted by Crippen LogP contribution is -2.17. The van der Waals surface area contributed by atoms with E-state index in [0.717, 1.165) is 40.9 Å². The molecule has 3 aromatic carbocycles. The van der Waals surface area contributed by atoms with Crippen LogP contribution in [0, 0.1) is 13.8 Å². The van der Waals surface area contributed by atoms with Gasteiger partial charge in [0, 0.05) is 28.8 Å². The molecule has 1 unspecified atom stereocenters. The molecule has 0 fully saturated rings. The van der Waals surface area contributed by atoms with E-state index in [2.05, 4.69) is 49.9 Å². The number of hydrogen-bond donors (Lipinski definition) is 0. The Bertz CT molecular complexity index is 1890. The molecule has 8 nitrogen and oxygen atoms in total. The van der Waals surface area contributed by atoms with Gasteiger partial charge in [0.2, 0.25) is 0 Å². The molecule has 232 valence electrons. The average Bonchev–Trinajstić information content (AvgIpc) is 3.64. The molecule has 0 spiro atoms. The zero-order valence-corrected chi connectivity index (χ0v) is 25.9. The summed E-state index contributed by atoms with van der Waals surface area (Å²) >= 11 is 1.41. The van der Waals surface area contributed by atoms with Gasteiger partial charge < -0.3 is 4.74 Å². The molecule has 0 aliphatic heterocycles. The van der Waals surface area contributed by atoms with Crippen molar-refractivity contribution in [2.75, 3.05) is 0 Å². The van der Waals surface area contributed by atoms with Gasteiger partial charge in [0.15, 0.2) is 10.6 Å². The number of urea groups is 1. The quantitative estimate of drug-likeness (QED) is 0.162. The third-order valence-corrected chi connectivity index (χ3v) is 7.94. The minimum atomic E-state index is -4.75. The molecule has 0 radical (unpaired) electrons. The molecule has 0 saturated carbocycles. The minimum absolute atomic E-state index is 0.161. The molecule has 1 atom stereocenters. The first-order valence-corrected chi connectivity index (χ1v) is 15.2. The molecule has 0 aliphatic carbocycles. The fraction of sp³-hybridized carbons (Fsp3) is 0.242. The molecule has 12 heteroatoms. The number of hydrogen-bond acceptors (Lipinski definition) is 5. The van der Waals surface area contributed by atoms with Crippen molar-refractivity contribution in [3.63, 3.8) is 0 Å². The molecule has 0 N–H and O–H groups in total.